The van der Waals surface area contributed by atoms with E-state index in [-0.39, 0.29) is 10.8 Å². The number of fused-ring (bicyclic) bond motifs is 2. The van der Waals surface area contributed by atoms with Gasteiger partial charge in [0.2, 0.25) is 15.9 Å². The molecule has 4 rings (SSSR count). The van der Waals surface area contributed by atoms with Crippen molar-refractivity contribution in [1.82, 2.24) is 18.8 Å². The van der Waals surface area contributed by atoms with Gasteiger partial charge in [-0.15, -0.1) is 0 Å². The van der Waals surface area contributed by atoms with Crippen molar-refractivity contribution in [2.24, 2.45) is 0 Å². The maximum absolute atomic E-state index is 13.0. The summed E-state index contributed by atoms with van der Waals surface area (Å²) in [6.45, 7) is 4.34. The van der Waals surface area contributed by atoms with Gasteiger partial charge in [-0.1, -0.05) is 37.6 Å². The average molecular weight is 469 g/mol. The molecule has 0 saturated carbocycles. The summed E-state index contributed by atoms with van der Waals surface area (Å²) in [6.07, 6.45) is 3.84. The number of imidazole rings is 1. The number of carbonyl (C=O) groups is 1. The molecule has 2 heterocycles. The number of carbonyl (C=O) groups excluding carboxylic acids is 1. The SMILES string of the molecule is CCCCn1c(CCC(=O)N2CCc3ccccc3C2)nc2cc(S(=O)(=O)N(C)C)ccc21. The minimum atomic E-state index is -3.53. The van der Waals surface area contributed by atoms with Gasteiger partial charge in [-0.2, -0.15) is 0 Å². The molecule has 0 bridgehead atoms. The van der Waals surface area contributed by atoms with Crippen molar-refractivity contribution in [2.75, 3.05) is 20.6 Å². The zero-order valence-electron chi connectivity index (χ0n) is 19.6. The van der Waals surface area contributed by atoms with Crippen LogP contribution in [0.1, 0.15) is 43.1 Å². The number of sulfonamides is 1. The van der Waals surface area contributed by atoms with Crippen LogP contribution in [0.2, 0.25) is 0 Å². The van der Waals surface area contributed by atoms with Crippen LogP contribution in [0, 0.1) is 0 Å². The molecule has 33 heavy (non-hydrogen) atoms. The Bertz CT molecular complexity index is 1260. The summed E-state index contributed by atoms with van der Waals surface area (Å²) in [5, 5.41) is 0. The second kappa shape index (κ2) is 9.65. The standard InChI is InChI=1S/C25H32N4O3S/c1-4-5-15-29-23-11-10-21(33(31,32)27(2)3)17-22(23)26-24(29)12-13-25(30)28-16-14-19-8-6-7-9-20(19)18-28/h6-11,17H,4-5,12-16,18H2,1-3H3. The van der Waals surface area contributed by atoms with Gasteiger partial charge in [0.05, 0.1) is 15.9 Å². The highest BCUT2D eigenvalue weighted by atomic mass is 32.2. The first-order valence-corrected chi connectivity index (χ1v) is 13.0. The molecule has 0 unspecified atom stereocenters. The number of amides is 1. The number of benzene rings is 2. The number of hydrogen-bond acceptors (Lipinski definition) is 4. The molecular formula is C25H32N4O3S. The molecular weight excluding hydrogens is 436 g/mol. The summed E-state index contributed by atoms with van der Waals surface area (Å²) >= 11 is 0. The number of aryl methyl sites for hydroxylation is 2. The van der Waals surface area contributed by atoms with Crippen molar-refractivity contribution in [2.45, 2.75) is 57.0 Å². The molecule has 8 heteroatoms. The van der Waals surface area contributed by atoms with E-state index >= 15 is 0 Å². The summed E-state index contributed by atoms with van der Waals surface area (Å²) in [4.78, 5) is 19.9. The zero-order chi connectivity index (χ0) is 23.6. The largest absolute Gasteiger partial charge is 0.338 e. The zero-order valence-corrected chi connectivity index (χ0v) is 20.4. The van der Waals surface area contributed by atoms with Crippen LogP contribution in [0.3, 0.4) is 0 Å². The van der Waals surface area contributed by atoms with E-state index in [1.165, 1.54) is 29.5 Å². The van der Waals surface area contributed by atoms with Gasteiger partial charge in [0.15, 0.2) is 0 Å². The van der Waals surface area contributed by atoms with E-state index in [9.17, 15) is 13.2 Å². The quantitative estimate of drug-likeness (QED) is 0.506. The minimum absolute atomic E-state index is 0.134. The molecule has 0 atom stereocenters. The second-order valence-corrected chi connectivity index (χ2v) is 11.0. The highest BCUT2D eigenvalue weighted by Gasteiger charge is 2.22. The van der Waals surface area contributed by atoms with Gasteiger partial charge in [0.1, 0.15) is 5.82 Å². The topological polar surface area (TPSA) is 75.5 Å². The predicted octanol–water partition coefficient (Wildman–Crippen LogP) is 3.60. The number of nitrogens with zero attached hydrogens (tertiary/aromatic N) is 4. The fraction of sp³-hybridized carbons (Fsp3) is 0.440. The Morgan fingerprint density at radius 2 is 1.88 bits per heavy atom. The molecule has 7 nitrogen and oxygen atoms in total. The maximum Gasteiger partial charge on any atom is 0.242 e. The lowest BCUT2D eigenvalue weighted by atomic mass is 9.99. The summed E-state index contributed by atoms with van der Waals surface area (Å²) in [7, 11) is -0.484. The lowest BCUT2D eigenvalue weighted by molar-refractivity contribution is -0.132. The maximum atomic E-state index is 13.0. The lowest BCUT2D eigenvalue weighted by Crippen LogP contribution is -2.36. The van der Waals surface area contributed by atoms with Crippen LogP contribution in [0.25, 0.3) is 11.0 Å². The molecule has 1 aliphatic heterocycles. The molecule has 1 amide bonds. The lowest BCUT2D eigenvalue weighted by Gasteiger charge is -2.29. The van der Waals surface area contributed by atoms with Crippen LogP contribution in [0.5, 0.6) is 0 Å². The molecule has 1 aromatic heterocycles. The van der Waals surface area contributed by atoms with Gasteiger partial charge in [-0.3, -0.25) is 4.79 Å². The fourth-order valence-corrected chi connectivity index (χ4v) is 5.30. The predicted molar refractivity (Wildman–Crippen MR) is 129 cm³/mol. The van der Waals surface area contributed by atoms with Crippen LogP contribution in [-0.4, -0.2) is 53.7 Å². The molecule has 2 aromatic carbocycles. The number of rotatable bonds is 8. The highest BCUT2D eigenvalue weighted by molar-refractivity contribution is 7.89. The molecule has 0 N–H and O–H groups in total. The van der Waals surface area contributed by atoms with E-state index < -0.39 is 10.0 Å². The molecule has 0 spiro atoms. The van der Waals surface area contributed by atoms with E-state index in [4.69, 9.17) is 4.98 Å². The Morgan fingerprint density at radius 1 is 1.12 bits per heavy atom. The van der Waals surface area contributed by atoms with Crippen molar-refractivity contribution in [3.8, 4) is 0 Å². The third-order valence-corrected chi connectivity index (χ3v) is 8.17. The first kappa shape index (κ1) is 23.4. The average Bonchev–Trinajstić information content (AvgIpc) is 3.17. The molecule has 3 aromatic rings. The summed E-state index contributed by atoms with van der Waals surface area (Å²) in [6, 6.07) is 13.4. The Balaban J connectivity index is 1.55. The molecule has 0 saturated heterocycles. The van der Waals surface area contributed by atoms with Gasteiger partial charge < -0.3 is 9.47 Å². The van der Waals surface area contributed by atoms with E-state index in [2.05, 4.69) is 23.6 Å². The van der Waals surface area contributed by atoms with Crippen LogP contribution >= 0.6 is 0 Å². The normalized spacial score (nSPS) is 14.1. The molecule has 176 valence electrons. The Labute approximate surface area is 196 Å². The third kappa shape index (κ3) is 4.82. The van der Waals surface area contributed by atoms with Crippen molar-refractivity contribution < 1.29 is 13.2 Å². The summed E-state index contributed by atoms with van der Waals surface area (Å²) in [5.41, 5.74) is 4.12. The monoisotopic (exact) mass is 468 g/mol. The fourth-order valence-electron chi connectivity index (χ4n) is 4.37. The van der Waals surface area contributed by atoms with E-state index in [1.54, 1.807) is 12.1 Å². The Morgan fingerprint density at radius 3 is 2.61 bits per heavy atom. The number of hydrogen-bond donors (Lipinski definition) is 0. The molecule has 0 radical (unpaired) electrons. The first-order chi connectivity index (χ1) is 15.8. The van der Waals surface area contributed by atoms with E-state index in [0.29, 0.717) is 24.9 Å². The van der Waals surface area contributed by atoms with Crippen LogP contribution < -0.4 is 0 Å². The molecule has 1 aliphatic rings. The highest BCUT2D eigenvalue weighted by Crippen LogP contribution is 2.24. The molecule has 0 fully saturated rings. The van der Waals surface area contributed by atoms with Crippen molar-refractivity contribution >= 4 is 27.0 Å². The third-order valence-electron chi connectivity index (χ3n) is 6.36. The van der Waals surface area contributed by atoms with Crippen LogP contribution in [0.15, 0.2) is 47.4 Å². The smallest absolute Gasteiger partial charge is 0.242 e. The minimum Gasteiger partial charge on any atom is -0.338 e. The summed E-state index contributed by atoms with van der Waals surface area (Å²) < 4.78 is 28.5. The van der Waals surface area contributed by atoms with Crippen molar-refractivity contribution in [1.29, 1.82) is 0 Å². The first-order valence-electron chi connectivity index (χ1n) is 11.6. The Kier molecular flexibility index (Phi) is 6.86. The van der Waals surface area contributed by atoms with E-state index in [0.717, 1.165) is 43.7 Å². The van der Waals surface area contributed by atoms with Gasteiger partial charge >= 0.3 is 0 Å². The van der Waals surface area contributed by atoms with Gasteiger partial charge in [-0.05, 0) is 42.2 Å². The van der Waals surface area contributed by atoms with E-state index in [1.807, 2.05) is 23.1 Å². The number of aromatic nitrogens is 2. The van der Waals surface area contributed by atoms with Crippen LogP contribution in [0.4, 0.5) is 0 Å². The van der Waals surface area contributed by atoms with Crippen molar-refractivity contribution in [3.63, 3.8) is 0 Å². The Hall–Kier alpha value is -2.71. The van der Waals surface area contributed by atoms with Gasteiger partial charge in [0, 0.05) is 46.6 Å². The second-order valence-electron chi connectivity index (χ2n) is 8.81. The molecule has 0 aliphatic carbocycles. The van der Waals surface area contributed by atoms with Crippen molar-refractivity contribution in [3.05, 3.63) is 59.4 Å². The summed E-state index contributed by atoms with van der Waals surface area (Å²) in [5.74, 6) is 0.970. The van der Waals surface area contributed by atoms with Gasteiger partial charge in [0.25, 0.3) is 0 Å². The van der Waals surface area contributed by atoms with Gasteiger partial charge in [-0.25, -0.2) is 17.7 Å². The number of unbranched alkanes of at least 4 members (excludes halogenated alkanes) is 1. The van der Waals surface area contributed by atoms with Crippen LogP contribution in [-0.2, 0) is 40.7 Å².